The van der Waals surface area contributed by atoms with E-state index in [4.69, 9.17) is 0 Å². The van der Waals surface area contributed by atoms with Crippen LogP contribution in [-0.4, -0.2) is 35.9 Å². The maximum absolute atomic E-state index is 13.2. The number of rotatable bonds is 4. The molecular weight excluding hydrogens is 402 g/mol. The Balaban J connectivity index is 1.93. The zero-order chi connectivity index (χ0) is 23.0. The molecule has 0 radical (unpaired) electrons. The third kappa shape index (κ3) is 3.64. The number of amides is 1. The van der Waals surface area contributed by atoms with Crippen molar-refractivity contribution in [3.8, 4) is 0 Å². The molecule has 2 aromatic carbocycles. The molecule has 0 aliphatic carbocycles. The van der Waals surface area contributed by atoms with Crippen molar-refractivity contribution < 1.29 is 14.7 Å². The van der Waals surface area contributed by atoms with Crippen LogP contribution in [0.1, 0.15) is 28.3 Å². The predicted molar refractivity (Wildman–Crippen MR) is 126 cm³/mol. The molecule has 1 N–H and O–H groups in total. The molecule has 1 aliphatic heterocycles. The lowest BCUT2D eigenvalue weighted by molar-refractivity contribution is -0.132. The lowest BCUT2D eigenvalue weighted by Crippen LogP contribution is -2.29. The highest BCUT2D eigenvalue weighted by atomic mass is 16.3. The number of carbonyl (C=O) groups is 2. The average molecular weight is 428 g/mol. The van der Waals surface area contributed by atoms with Gasteiger partial charge in [0, 0.05) is 43.4 Å². The summed E-state index contributed by atoms with van der Waals surface area (Å²) in [4.78, 5) is 33.9. The molecule has 2 heterocycles. The third-order valence-corrected chi connectivity index (χ3v) is 5.76. The number of aromatic nitrogens is 1. The van der Waals surface area contributed by atoms with Crippen molar-refractivity contribution in [1.29, 1.82) is 0 Å². The number of hydrogen-bond donors (Lipinski definition) is 1. The molecule has 0 bridgehead atoms. The summed E-state index contributed by atoms with van der Waals surface area (Å²) in [5.74, 6) is -1.54. The fraction of sp³-hybridized carbons (Fsp3) is 0.192. The molecule has 4 rings (SSSR count). The zero-order valence-electron chi connectivity index (χ0n) is 18.5. The Morgan fingerprint density at radius 2 is 1.62 bits per heavy atom. The van der Waals surface area contributed by atoms with Crippen LogP contribution in [0.3, 0.4) is 0 Å². The van der Waals surface area contributed by atoms with E-state index in [-0.39, 0.29) is 11.3 Å². The summed E-state index contributed by atoms with van der Waals surface area (Å²) in [5, 5.41) is 11.3. The second kappa shape index (κ2) is 8.30. The van der Waals surface area contributed by atoms with Crippen LogP contribution in [0.2, 0.25) is 0 Å². The van der Waals surface area contributed by atoms with Gasteiger partial charge in [0.2, 0.25) is 0 Å². The van der Waals surface area contributed by atoms with Crippen molar-refractivity contribution in [1.82, 2.24) is 4.98 Å². The Kier molecular flexibility index (Phi) is 5.53. The highest BCUT2D eigenvalue weighted by Crippen LogP contribution is 2.42. The molecule has 0 spiro atoms. The van der Waals surface area contributed by atoms with E-state index < -0.39 is 17.7 Å². The topological polar surface area (TPSA) is 73.7 Å². The van der Waals surface area contributed by atoms with Gasteiger partial charge in [0.25, 0.3) is 11.7 Å². The van der Waals surface area contributed by atoms with E-state index in [0.29, 0.717) is 16.8 Å². The average Bonchev–Trinajstić information content (AvgIpc) is 3.06. The molecule has 6 nitrogen and oxygen atoms in total. The van der Waals surface area contributed by atoms with E-state index in [1.54, 1.807) is 24.5 Å². The largest absolute Gasteiger partial charge is 0.507 e. The summed E-state index contributed by atoms with van der Waals surface area (Å²) < 4.78 is 0. The van der Waals surface area contributed by atoms with Crippen LogP contribution in [0.15, 0.2) is 72.6 Å². The van der Waals surface area contributed by atoms with Gasteiger partial charge in [-0.25, -0.2) is 0 Å². The van der Waals surface area contributed by atoms with Gasteiger partial charge in [0.1, 0.15) is 5.76 Å². The van der Waals surface area contributed by atoms with Crippen LogP contribution in [0.5, 0.6) is 0 Å². The molecule has 162 valence electrons. The van der Waals surface area contributed by atoms with Gasteiger partial charge in [0.15, 0.2) is 0 Å². The van der Waals surface area contributed by atoms with E-state index in [0.717, 1.165) is 16.8 Å². The molecule has 0 saturated carbocycles. The van der Waals surface area contributed by atoms with Crippen molar-refractivity contribution in [3.05, 3.63) is 94.8 Å². The van der Waals surface area contributed by atoms with Gasteiger partial charge in [-0.15, -0.1) is 0 Å². The van der Waals surface area contributed by atoms with Crippen LogP contribution >= 0.6 is 0 Å². The van der Waals surface area contributed by atoms with Gasteiger partial charge >= 0.3 is 0 Å². The maximum Gasteiger partial charge on any atom is 0.300 e. The number of aliphatic hydroxyl groups excluding tert-OH is 1. The van der Waals surface area contributed by atoms with Gasteiger partial charge in [-0.2, -0.15) is 0 Å². The summed E-state index contributed by atoms with van der Waals surface area (Å²) in [7, 11) is 3.87. The standard InChI is InChI=1S/C26H25N3O3/c1-16-5-6-17(2)21(15-16)24(30)22-23(18-11-13-27-14-12-18)29(26(32)25(22)31)20-9-7-19(8-10-20)28(3)4/h5-15,23,30H,1-4H3/b24-22+. The summed E-state index contributed by atoms with van der Waals surface area (Å²) in [5.41, 5.74) is 4.65. The fourth-order valence-electron chi connectivity index (χ4n) is 4.01. The van der Waals surface area contributed by atoms with E-state index in [1.807, 2.05) is 75.3 Å². The Bertz CT molecular complexity index is 1210. The fourth-order valence-corrected chi connectivity index (χ4v) is 4.01. The van der Waals surface area contributed by atoms with Gasteiger partial charge in [0.05, 0.1) is 11.6 Å². The van der Waals surface area contributed by atoms with E-state index in [2.05, 4.69) is 4.98 Å². The van der Waals surface area contributed by atoms with Crippen molar-refractivity contribution in [2.45, 2.75) is 19.9 Å². The lowest BCUT2D eigenvalue weighted by Gasteiger charge is -2.26. The molecule has 1 aliphatic rings. The van der Waals surface area contributed by atoms with Crippen molar-refractivity contribution in [2.24, 2.45) is 0 Å². The summed E-state index contributed by atoms with van der Waals surface area (Å²) in [6.07, 6.45) is 3.23. The molecule has 1 saturated heterocycles. The number of ketones is 1. The summed E-state index contributed by atoms with van der Waals surface area (Å²) in [6.45, 7) is 3.79. The van der Waals surface area contributed by atoms with Crippen LogP contribution in [0.25, 0.3) is 5.76 Å². The summed E-state index contributed by atoms with van der Waals surface area (Å²) >= 11 is 0. The van der Waals surface area contributed by atoms with Gasteiger partial charge < -0.3 is 10.0 Å². The number of hydrogen-bond acceptors (Lipinski definition) is 5. The molecule has 1 aromatic heterocycles. The zero-order valence-corrected chi connectivity index (χ0v) is 18.5. The molecular formula is C26H25N3O3. The maximum atomic E-state index is 13.2. The minimum absolute atomic E-state index is 0.0755. The first-order chi connectivity index (χ1) is 15.3. The Hall–Kier alpha value is -3.93. The number of Topliss-reactive ketones (excluding diaryl/α,β-unsaturated/α-hetero) is 1. The van der Waals surface area contributed by atoms with Crippen LogP contribution in [0, 0.1) is 13.8 Å². The normalized spacial score (nSPS) is 17.6. The molecule has 1 atom stereocenters. The molecule has 1 fully saturated rings. The smallest absolute Gasteiger partial charge is 0.300 e. The third-order valence-electron chi connectivity index (χ3n) is 5.76. The highest BCUT2D eigenvalue weighted by Gasteiger charge is 2.47. The van der Waals surface area contributed by atoms with Crippen molar-refractivity contribution in [2.75, 3.05) is 23.9 Å². The minimum atomic E-state index is -0.761. The second-order valence-corrected chi connectivity index (χ2v) is 8.18. The molecule has 1 unspecified atom stereocenters. The summed E-state index contributed by atoms with van der Waals surface area (Å²) in [6, 6.07) is 15.8. The Labute approximate surface area is 187 Å². The predicted octanol–water partition coefficient (Wildman–Crippen LogP) is 4.39. The van der Waals surface area contributed by atoms with Crippen LogP contribution in [-0.2, 0) is 9.59 Å². The highest BCUT2D eigenvalue weighted by molar-refractivity contribution is 6.51. The Morgan fingerprint density at radius 3 is 2.25 bits per heavy atom. The molecule has 3 aromatic rings. The van der Waals surface area contributed by atoms with Gasteiger partial charge in [-0.05, 0) is 67.4 Å². The number of pyridine rings is 1. The van der Waals surface area contributed by atoms with Crippen LogP contribution < -0.4 is 9.80 Å². The number of anilines is 2. The first kappa shape index (κ1) is 21.3. The van der Waals surface area contributed by atoms with Crippen molar-refractivity contribution in [3.63, 3.8) is 0 Å². The monoisotopic (exact) mass is 427 g/mol. The first-order valence-corrected chi connectivity index (χ1v) is 10.4. The molecule has 1 amide bonds. The van der Waals surface area contributed by atoms with Gasteiger partial charge in [-0.3, -0.25) is 19.5 Å². The second-order valence-electron chi connectivity index (χ2n) is 8.18. The number of aliphatic hydroxyl groups is 1. The van der Waals surface area contributed by atoms with Crippen LogP contribution in [0.4, 0.5) is 11.4 Å². The quantitative estimate of drug-likeness (QED) is 0.380. The van der Waals surface area contributed by atoms with E-state index in [1.165, 1.54) is 4.90 Å². The number of nitrogens with zero attached hydrogens (tertiary/aromatic N) is 3. The number of aryl methyl sites for hydroxylation is 2. The minimum Gasteiger partial charge on any atom is -0.507 e. The SMILES string of the molecule is Cc1ccc(C)c(/C(O)=C2\C(=O)C(=O)N(c3ccc(N(C)C)cc3)C2c2ccncc2)c1. The molecule has 32 heavy (non-hydrogen) atoms. The first-order valence-electron chi connectivity index (χ1n) is 10.4. The van der Waals surface area contributed by atoms with Gasteiger partial charge in [-0.1, -0.05) is 17.7 Å². The Morgan fingerprint density at radius 1 is 0.969 bits per heavy atom. The number of carbonyl (C=O) groups excluding carboxylic acids is 2. The molecule has 6 heteroatoms. The lowest BCUT2D eigenvalue weighted by atomic mass is 9.93. The van der Waals surface area contributed by atoms with E-state index >= 15 is 0 Å². The van der Waals surface area contributed by atoms with E-state index in [9.17, 15) is 14.7 Å². The number of benzene rings is 2. The van der Waals surface area contributed by atoms with Crippen molar-refractivity contribution >= 4 is 28.8 Å².